The van der Waals surface area contributed by atoms with Crippen LogP contribution in [0.25, 0.3) is 16.8 Å². The number of hydrogen-bond acceptors (Lipinski definition) is 5. The lowest BCUT2D eigenvalue weighted by atomic mass is 10.0. The van der Waals surface area contributed by atoms with Crippen LogP contribution in [0.2, 0.25) is 0 Å². The third kappa shape index (κ3) is 3.87. The fourth-order valence-corrected chi connectivity index (χ4v) is 4.00. The van der Waals surface area contributed by atoms with E-state index in [1.54, 1.807) is 11.1 Å². The molecule has 4 aromatic rings. The number of fused-ring (bicyclic) bond motifs is 1. The van der Waals surface area contributed by atoms with Crippen molar-refractivity contribution >= 4 is 11.4 Å². The Kier molecular flexibility index (Phi) is 5.19. The summed E-state index contributed by atoms with van der Waals surface area (Å²) >= 11 is 0. The normalized spacial score (nSPS) is 14.2. The molecule has 1 fully saturated rings. The van der Waals surface area contributed by atoms with Crippen LogP contribution < -0.4 is 0 Å². The van der Waals surface area contributed by atoms with Gasteiger partial charge in [-0.2, -0.15) is 5.10 Å². The Morgan fingerprint density at radius 1 is 1.16 bits per heavy atom. The van der Waals surface area contributed by atoms with Gasteiger partial charge in [0.25, 0.3) is 5.91 Å². The summed E-state index contributed by atoms with van der Waals surface area (Å²) in [5.74, 6) is 1.07. The molecule has 3 aromatic heterocycles. The number of pyridine rings is 1. The van der Waals surface area contributed by atoms with E-state index in [1.165, 1.54) is 5.56 Å². The van der Waals surface area contributed by atoms with Crippen molar-refractivity contribution in [2.75, 3.05) is 13.1 Å². The smallest absolute Gasteiger partial charge is 0.254 e. The molecule has 0 radical (unpaired) electrons. The standard InChI is InChI=1S/C25H25N5O2/c1-16(2)21-13-27-30-10-8-19(12-23(21)30)22-7-9-26-24(28-22)11-17-3-5-18(6-4-17)25(32)29-14-20(31)15-29/h3-10,12-13,16,20,31H,11,14-15H2,1-2H3. The largest absolute Gasteiger partial charge is 0.389 e. The Bertz CT molecular complexity index is 1270. The lowest BCUT2D eigenvalue weighted by Gasteiger charge is -2.35. The quantitative estimate of drug-likeness (QED) is 0.528. The van der Waals surface area contributed by atoms with Crippen LogP contribution in [0.3, 0.4) is 0 Å². The molecule has 7 heteroatoms. The van der Waals surface area contributed by atoms with Gasteiger partial charge in [0.1, 0.15) is 5.82 Å². The lowest BCUT2D eigenvalue weighted by molar-refractivity contribution is 0.00589. The number of rotatable bonds is 5. The van der Waals surface area contributed by atoms with Crippen molar-refractivity contribution in [1.29, 1.82) is 0 Å². The van der Waals surface area contributed by atoms with Crippen LogP contribution in [-0.4, -0.2) is 54.7 Å². The molecule has 1 aliphatic heterocycles. The van der Waals surface area contributed by atoms with E-state index in [2.05, 4.69) is 30.0 Å². The number of aliphatic hydroxyl groups is 1. The SMILES string of the molecule is CC(C)c1cnn2ccc(-c3ccnc(Cc4ccc(C(=O)N5CC(O)C5)cc4)n3)cc12. The molecule has 1 saturated heterocycles. The fraction of sp³-hybridized carbons (Fsp3) is 0.280. The number of aliphatic hydroxyl groups excluding tert-OH is 1. The molecule has 1 aromatic carbocycles. The van der Waals surface area contributed by atoms with Crippen LogP contribution in [0, 0.1) is 0 Å². The van der Waals surface area contributed by atoms with Gasteiger partial charge in [0, 0.05) is 48.6 Å². The van der Waals surface area contributed by atoms with E-state index in [4.69, 9.17) is 4.98 Å². The van der Waals surface area contributed by atoms with E-state index < -0.39 is 6.10 Å². The fourth-order valence-electron chi connectivity index (χ4n) is 4.00. The van der Waals surface area contributed by atoms with Crippen LogP contribution in [0.15, 0.2) is 61.1 Å². The predicted molar refractivity (Wildman–Crippen MR) is 121 cm³/mol. The van der Waals surface area contributed by atoms with Crippen molar-refractivity contribution in [1.82, 2.24) is 24.5 Å². The van der Waals surface area contributed by atoms with Gasteiger partial charge in [-0.3, -0.25) is 4.79 Å². The molecule has 0 aliphatic carbocycles. The van der Waals surface area contributed by atoms with Crippen molar-refractivity contribution < 1.29 is 9.90 Å². The highest BCUT2D eigenvalue weighted by atomic mass is 16.3. The van der Waals surface area contributed by atoms with Gasteiger partial charge in [-0.15, -0.1) is 0 Å². The van der Waals surface area contributed by atoms with E-state index >= 15 is 0 Å². The van der Waals surface area contributed by atoms with E-state index in [9.17, 15) is 9.90 Å². The van der Waals surface area contributed by atoms with Gasteiger partial charge in [0.2, 0.25) is 0 Å². The monoisotopic (exact) mass is 427 g/mol. The highest BCUT2D eigenvalue weighted by Gasteiger charge is 2.29. The molecule has 0 spiro atoms. The number of nitrogens with zero attached hydrogens (tertiary/aromatic N) is 5. The molecule has 162 valence electrons. The van der Waals surface area contributed by atoms with Gasteiger partial charge in [-0.25, -0.2) is 14.5 Å². The topological polar surface area (TPSA) is 83.6 Å². The summed E-state index contributed by atoms with van der Waals surface area (Å²) in [5.41, 5.74) is 5.87. The Balaban J connectivity index is 1.35. The molecule has 0 bridgehead atoms. The first kappa shape index (κ1) is 20.3. The zero-order valence-electron chi connectivity index (χ0n) is 18.1. The number of likely N-dealkylation sites (tertiary alicyclic amines) is 1. The zero-order valence-corrected chi connectivity index (χ0v) is 18.1. The second kappa shape index (κ2) is 8.16. The molecular weight excluding hydrogens is 402 g/mol. The summed E-state index contributed by atoms with van der Waals surface area (Å²) in [5, 5.41) is 13.8. The van der Waals surface area contributed by atoms with Gasteiger partial charge >= 0.3 is 0 Å². The minimum absolute atomic E-state index is 0.0453. The van der Waals surface area contributed by atoms with E-state index in [1.807, 2.05) is 53.3 Å². The molecule has 7 nitrogen and oxygen atoms in total. The van der Waals surface area contributed by atoms with Crippen LogP contribution in [-0.2, 0) is 6.42 Å². The minimum Gasteiger partial charge on any atom is -0.389 e. The maximum atomic E-state index is 12.4. The van der Waals surface area contributed by atoms with Gasteiger partial charge in [0.15, 0.2) is 0 Å². The first-order valence-corrected chi connectivity index (χ1v) is 10.8. The van der Waals surface area contributed by atoms with Gasteiger partial charge in [-0.05, 0) is 41.8 Å². The summed E-state index contributed by atoms with van der Waals surface area (Å²) in [4.78, 5) is 23.2. The number of carbonyl (C=O) groups excluding carboxylic acids is 1. The first-order chi connectivity index (χ1) is 15.5. The molecule has 1 N–H and O–H groups in total. The summed E-state index contributed by atoms with van der Waals surface area (Å²) in [7, 11) is 0. The van der Waals surface area contributed by atoms with Crippen molar-refractivity contribution in [2.45, 2.75) is 32.3 Å². The predicted octanol–water partition coefficient (Wildman–Crippen LogP) is 3.32. The minimum atomic E-state index is -0.394. The summed E-state index contributed by atoms with van der Waals surface area (Å²) in [6, 6.07) is 13.6. The molecule has 1 aliphatic rings. The van der Waals surface area contributed by atoms with E-state index in [0.29, 0.717) is 31.0 Å². The molecule has 1 amide bonds. The number of aromatic nitrogens is 4. The van der Waals surface area contributed by atoms with E-state index in [-0.39, 0.29) is 5.91 Å². The number of β-amino-alcohol motifs (C(OH)–C–C–N with tert-alkyl or cyclic N) is 1. The maximum absolute atomic E-state index is 12.4. The second-order valence-corrected chi connectivity index (χ2v) is 8.60. The van der Waals surface area contributed by atoms with Crippen molar-refractivity contribution in [3.05, 3.63) is 83.6 Å². The Morgan fingerprint density at radius 3 is 2.66 bits per heavy atom. The molecule has 5 rings (SSSR count). The summed E-state index contributed by atoms with van der Waals surface area (Å²) < 4.78 is 1.89. The number of carbonyl (C=O) groups is 1. The molecule has 0 saturated carbocycles. The van der Waals surface area contributed by atoms with Gasteiger partial charge in [-0.1, -0.05) is 26.0 Å². The van der Waals surface area contributed by atoms with Gasteiger partial charge < -0.3 is 10.0 Å². The zero-order chi connectivity index (χ0) is 22.2. The molecular formula is C25H25N5O2. The molecule has 4 heterocycles. The van der Waals surface area contributed by atoms with Crippen molar-refractivity contribution in [2.24, 2.45) is 0 Å². The highest BCUT2D eigenvalue weighted by Crippen LogP contribution is 2.25. The average molecular weight is 428 g/mol. The van der Waals surface area contributed by atoms with Gasteiger partial charge in [0.05, 0.1) is 23.5 Å². The Morgan fingerprint density at radius 2 is 1.94 bits per heavy atom. The number of hydrogen-bond donors (Lipinski definition) is 1. The Labute approximate surface area is 186 Å². The Hall–Kier alpha value is -3.58. The number of amides is 1. The van der Waals surface area contributed by atoms with Crippen LogP contribution in [0.1, 0.15) is 47.1 Å². The van der Waals surface area contributed by atoms with Crippen LogP contribution in [0.4, 0.5) is 0 Å². The van der Waals surface area contributed by atoms with Crippen molar-refractivity contribution in [3.8, 4) is 11.3 Å². The molecule has 0 unspecified atom stereocenters. The first-order valence-electron chi connectivity index (χ1n) is 10.8. The highest BCUT2D eigenvalue weighted by molar-refractivity contribution is 5.94. The maximum Gasteiger partial charge on any atom is 0.254 e. The summed E-state index contributed by atoms with van der Waals surface area (Å²) in [6.07, 6.45) is 5.86. The number of benzene rings is 1. The molecule has 32 heavy (non-hydrogen) atoms. The van der Waals surface area contributed by atoms with Crippen LogP contribution >= 0.6 is 0 Å². The van der Waals surface area contributed by atoms with E-state index in [0.717, 1.165) is 28.2 Å². The third-order valence-electron chi connectivity index (χ3n) is 5.89. The average Bonchev–Trinajstić information content (AvgIpc) is 3.21. The molecule has 0 atom stereocenters. The van der Waals surface area contributed by atoms with Crippen LogP contribution in [0.5, 0.6) is 0 Å². The summed E-state index contributed by atoms with van der Waals surface area (Å²) in [6.45, 7) is 5.15. The third-order valence-corrected chi connectivity index (χ3v) is 5.89. The second-order valence-electron chi connectivity index (χ2n) is 8.60. The lowest BCUT2D eigenvalue weighted by Crippen LogP contribution is -2.53. The van der Waals surface area contributed by atoms with Crippen molar-refractivity contribution in [3.63, 3.8) is 0 Å².